The number of guanidine groups is 1. The molecule has 0 amide bonds. The van der Waals surface area contributed by atoms with E-state index in [9.17, 15) is 0 Å². The van der Waals surface area contributed by atoms with Crippen LogP contribution >= 0.6 is 11.3 Å². The molecular weight excluding hydrogens is 344 g/mol. The van der Waals surface area contributed by atoms with Crippen LogP contribution in [0.25, 0.3) is 0 Å². The van der Waals surface area contributed by atoms with Gasteiger partial charge in [-0.1, -0.05) is 0 Å². The first-order valence-electron chi connectivity index (χ1n) is 9.55. The maximum absolute atomic E-state index is 4.75. The van der Waals surface area contributed by atoms with Gasteiger partial charge in [0.05, 0.1) is 11.2 Å². The smallest absolute Gasteiger partial charge is 0.191 e. The Morgan fingerprint density at radius 3 is 2.88 bits per heavy atom. The van der Waals surface area contributed by atoms with Crippen molar-refractivity contribution in [3.05, 3.63) is 35.5 Å². The van der Waals surface area contributed by atoms with Gasteiger partial charge in [-0.25, -0.2) is 0 Å². The van der Waals surface area contributed by atoms with E-state index in [2.05, 4.69) is 51.3 Å². The molecule has 1 aliphatic rings. The van der Waals surface area contributed by atoms with Crippen LogP contribution in [0.2, 0.25) is 0 Å². The SMILES string of the molecule is CCNC(=NCCCc1cnn(C)c1)NC1CCN(c2cccs2)CC1. The summed E-state index contributed by atoms with van der Waals surface area (Å²) in [5.74, 6) is 0.952. The molecule has 2 aromatic heterocycles. The fourth-order valence-electron chi connectivity index (χ4n) is 3.28. The summed E-state index contributed by atoms with van der Waals surface area (Å²) in [6, 6.07) is 4.85. The molecule has 3 heterocycles. The molecule has 0 aromatic carbocycles. The van der Waals surface area contributed by atoms with Crippen molar-refractivity contribution in [3.63, 3.8) is 0 Å². The zero-order valence-electron chi connectivity index (χ0n) is 15.8. The third-order valence-corrected chi connectivity index (χ3v) is 5.58. The number of aryl methyl sites for hydroxylation is 2. The third kappa shape index (κ3) is 5.49. The molecule has 0 saturated carbocycles. The van der Waals surface area contributed by atoms with Gasteiger partial charge in [-0.15, -0.1) is 11.3 Å². The number of hydrogen-bond donors (Lipinski definition) is 2. The van der Waals surface area contributed by atoms with E-state index in [1.165, 1.54) is 10.6 Å². The Morgan fingerprint density at radius 1 is 1.38 bits per heavy atom. The van der Waals surface area contributed by atoms with Crippen molar-refractivity contribution in [2.75, 3.05) is 31.1 Å². The minimum atomic E-state index is 0.502. The molecule has 7 heteroatoms. The molecule has 0 aliphatic carbocycles. The second-order valence-electron chi connectivity index (χ2n) is 6.74. The van der Waals surface area contributed by atoms with E-state index in [0.717, 1.165) is 57.8 Å². The van der Waals surface area contributed by atoms with E-state index in [0.29, 0.717) is 6.04 Å². The highest BCUT2D eigenvalue weighted by Crippen LogP contribution is 2.24. The quantitative estimate of drug-likeness (QED) is 0.444. The van der Waals surface area contributed by atoms with Gasteiger partial charge in [0.25, 0.3) is 0 Å². The van der Waals surface area contributed by atoms with Gasteiger partial charge in [0.15, 0.2) is 5.96 Å². The topological polar surface area (TPSA) is 57.5 Å². The van der Waals surface area contributed by atoms with Crippen LogP contribution in [0, 0.1) is 0 Å². The Balaban J connectivity index is 1.42. The summed E-state index contributed by atoms with van der Waals surface area (Å²) in [5.41, 5.74) is 1.28. The van der Waals surface area contributed by atoms with Gasteiger partial charge in [-0.05, 0) is 55.7 Å². The standard InChI is InChI=1S/C19H30N6S/c1-3-20-19(21-10-4-6-16-14-22-24(2)15-16)23-17-8-11-25(12-9-17)18-7-5-13-26-18/h5,7,13-15,17H,3-4,6,8-12H2,1-2H3,(H2,20,21,23). The summed E-state index contributed by atoms with van der Waals surface area (Å²) in [4.78, 5) is 7.24. The highest BCUT2D eigenvalue weighted by molar-refractivity contribution is 7.14. The Morgan fingerprint density at radius 2 is 2.23 bits per heavy atom. The van der Waals surface area contributed by atoms with Crippen molar-refractivity contribution in [1.29, 1.82) is 0 Å². The molecule has 0 unspecified atom stereocenters. The number of aromatic nitrogens is 2. The predicted octanol–water partition coefficient (Wildman–Crippen LogP) is 2.64. The van der Waals surface area contributed by atoms with E-state index in [4.69, 9.17) is 4.99 Å². The third-order valence-electron chi connectivity index (χ3n) is 4.65. The van der Waals surface area contributed by atoms with Gasteiger partial charge in [-0.2, -0.15) is 5.10 Å². The average Bonchev–Trinajstić information content (AvgIpc) is 3.31. The number of rotatable bonds is 7. The second-order valence-corrected chi connectivity index (χ2v) is 7.67. The monoisotopic (exact) mass is 374 g/mol. The van der Waals surface area contributed by atoms with Crippen molar-refractivity contribution in [2.45, 2.75) is 38.6 Å². The van der Waals surface area contributed by atoms with E-state index in [-0.39, 0.29) is 0 Å². The Bertz CT molecular complexity index is 670. The number of nitrogens with one attached hydrogen (secondary N) is 2. The first kappa shape index (κ1) is 18.8. The van der Waals surface area contributed by atoms with Crippen molar-refractivity contribution >= 4 is 22.3 Å². The van der Waals surface area contributed by atoms with Crippen molar-refractivity contribution in [3.8, 4) is 0 Å². The normalized spacial score (nSPS) is 16.1. The largest absolute Gasteiger partial charge is 0.363 e. The van der Waals surface area contributed by atoms with Crippen molar-refractivity contribution in [2.24, 2.45) is 12.0 Å². The molecule has 1 fully saturated rings. The lowest BCUT2D eigenvalue weighted by molar-refractivity contribution is 0.463. The van der Waals surface area contributed by atoms with Gasteiger partial charge in [0.1, 0.15) is 0 Å². The molecule has 1 aliphatic heterocycles. The Kier molecular flexibility index (Phi) is 6.94. The molecule has 26 heavy (non-hydrogen) atoms. The molecule has 2 aromatic rings. The zero-order chi connectivity index (χ0) is 18.2. The molecule has 3 rings (SSSR count). The number of piperidine rings is 1. The lowest BCUT2D eigenvalue weighted by atomic mass is 10.1. The maximum Gasteiger partial charge on any atom is 0.191 e. The molecule has 0 atom stereocenters. The van der Waals surface area contributed by atoms with Crippen LogP contribution in [0.1, 0.15) is 31.7 Å². The Hall–Kier alpha value is -2.02. The van der Waals surface area contributed by atoms with Gasteiger partial charge in [-0.3, -0.25) is 9.67 Å². The van der Waals surface area contributed by atoms with Crippen molar-refractivity contribution < 1.29 is 0 Å². The van der Waals surface area contributed by atoms with Gasteiger partial charge < -0.3 is 15.5 Å². The van der Waals surface area contributed by atoms with Crippen LogP contribution in [-0.4, -0.2) is 48.0 Å². The van der Waals surface area contributed by atoms with E-state index in [1.54, 1.807) is 0 Å². The van der Waals surface area contributed by atoms with Crippen molar-refractivity contribution in [1.82, 2.24) is 20.4 Å². The van der Waals surface area contributed by atoms with Crippen LogP contribution in [0.15, 0.2) is 34.9 Å². The number of thiophene rings is 1. The first-order valence-corrected chi connectivity index (χ1v) is 10.4. The maximum atomic E-state index is 4.75. The summed E-state index contributed by atoms with van der Waals surface area (Å²) in [7, 11) is 1.96. The summed E-state index contributed by atoms with van der Waals surface area (Å²) >= 11 is 1.83. The van der Waals surface area contributed by atoms with Crippen LogP contribution in [0.4, 0.5) is 5.00 Å². The fraction of sp³-hybridized carbons (Fsp3) is 0.579. The first-order chi connectivity index (χ1) is 12.7. The number of anilines is 1. The minimum Gasteiger partial charge on any atom is -0.363 e. The molecule has 1 saturated heterocycles. The summed E-state index contributed by atoms with van der Waals surface area (Å²) in [6.45, 7) is 6.06. The lowest BCUT2D eigenvalue weighted by Gasteiger charge is -2.33. The summed E-state index contributed by atoms with van der Waals surface area (Å²) in [5, 5.41) is 14.8. The van der Waals surface area contributed by atoms with E-state index >= 15 is 0 Å². The second kappa shape index (κ2) is 9.62. The summed E-state index contributed by atoms with van der Waals surface area (Å²) in [6.07, 6.45) is 8.38. The van der Waals surface area contributed by atoms with Crippen LogP contribution in [0.3, 0.4) is 0 Å². The van der Waals surface area contributed by atoms with Gasteiger partial charge in [0, 0.05) is 45.5 Å². The molecule has 2 N–H and O–H groups in total. The van der Waals surface area contributed by atoms with Crippen LogP contribution in [-0.2, 0) is 13.5 Å². The highest BCUT2D eigenvalue weighted by Gasteiger charge is 2.20. The zero-order valence-corrected chi connectivity index (χ0v) is 16.6. The van der Waals surface area contributed by atoms with Crippen LogP contribution in [0.5, 0.6) is 0 Å². The number of hydrogen-bond acceptors (Lipinski definition) is 4. The summed E-state index contributed by atoms with van der Waals surface area (Å²) < 4.78 is 1.85. The predicted molar refractivity (Wildman–Crippen MR) is 110 cm³/mol. The van der Waals surface area contributed by atoms with E-state index in [1.807, 2.05) is 29.3 Å². The average molecular weight is 375 g/mol. The molecule has 0 spiro atoms. The molecule has 0 radical (unpaired) electrons. The van der Waals surface area contributed by atoms with Gasteiger partial charge in [0.2, 0.25) is 0 Å². The fourth-order valence-corrected chi connectivity index (χ4v) is 4.07. The molecule has 0 bridgehead atoms. The minimum absolute atomic E-state index is 0.502. The Labute approximate surface area is 160 Å². The molecular formula is C19H30N6S. The van der Waals surface area contributed by atoms with Gasteiger partial charge >= 0.3 is 0 Å². The molecule has 142 valence electrons. The molecule has 6 nitrogen and oxygen atoms in total. The van der Waals surface area contributed by atoms with Crippen LogP contribution < -0.4 is 15.5 Å². The lowest BCUT2D eigenvalue weighted by Crippen LogP contribution is -2.48. The number of aliphatic imine (C=N–C) groups is 1. The highest BCUT2D eigenvalue weighted by atomic mass is 32.1. The number of nitrogens with zero attached hydrogens (tertiary/aromatic N) is 4. The van der Waals surface area contributed by atoms with E-state index < -0.39 is 0 Å².